The predicted octanol–water partition coefficient (Wildman–Crippen LogP) is 3.30. The van der Waals surface area contributed by atoms with Crippen LogP contribution in [0.5, 0.6) is 0 Å². The van der Waals surface area contributed by atoms with E-state index in [0.29, 0.717) is 5.41 Å². The lowest BCUT2D eigenvalue weighted by molar-refractivity contribution is 0.584. The summed E-state index contributed by atoms with van der Waals surface area (Å²) in [6.07, 6.45) is 2.74. The minimum absolute atomic E-state index is 0.560. The van der Waals surface area contributed by atoms with Crippen molar-refractivity contribution in [3.05, 3.63) is 30.3 Å². The smallest absolute Gasteiger partial charge is 0.0363 e. The number of nitrogens with zero attached hydrogens (tertiary/aromatic N) is 1. The lowest BCUT2D eigenvalue weighted by atomic mass is 10.1. The van der Waals surface area contributed by atoms with E-state index >= 15 is 0 Å². The second-order valence-corrected chi connectivity index (χ2v) is 4.89. The maximum absolute atomic E-state index is 3.61. The summed E-state index contributed by atoms with van der Waals surface area (Å²) in [5.74, 6) is 0. The summed E-state index contributed by atoms with van der Waals surface area (Å²) in [4.78, 5) is 2.36. The van der Waals surface area contributed by atoms with Crippen LogP contribution in [-0.2, 0) is 0 Å². The Labute approximate surface area is 94.2 Å². The van der Waals surface area contributed by atoms with Crippen LogP contribution in [-0.4, -0.2) is 18.9 Å². The summed E-state index contributed by atoms with van der Waals surface area (Å²) in [5.41, 5.74) is 1.88. The number of rotatable bonds is 4. The molecule has 76 valence electrons. The molecule has 14 heavy (non-hydrogen) atoms. The zero-order chi connectivity index (χ0) is 10.0. The fourth-order valence-corrected chi connectivity index (χ4v) is 2.53. The van der Waals surface area contributed by atoms with Crippen molar-refractivity contribution >= 4 is 21.6 Å². The van der Waals surface area contributed by atoms with Gasteiger partial charge in [0.1, 0.15) is 0 Å². The molecule has 0 aromatic heterocycles. The zero-order valence-electron chi connectivity index (χ0n) is 8.54. The highest BCUT2D eigenvalue weighted by molar-refractivity contribution is 9.09. The molecule has 0 aliphatic heterocycles. The maximum Gasteiger partial charge on any atom is 0.0363 e. The van der Waals surface area contributed by atoms with Crippen LogP contribution in [0.1, 0.15) is 12.8 Å². The van der Waals surface area contributed by atoms with E-state index in [2.05, 4.69) is 58.2 Å². The second-order valence-electron chi connectivity index (χ2n) is 4.33. The number of hydrogen-bond donors (Lipinski definition) is 0. The third-order valence-corrected chi connectivity index (χ3v) is 4.20. The minimum Gasteiger partial charge on any atom is -0.374 e. The van der Waals surface area contributed by atoms with Crippen LogP contribution < -0.4 is 4.90 Å². The van der Waals surface area contributed by atoms with Crippen molar-refractivity contribution in [2.45, 2.75) is 12.8 Å². The molecule has 0 unspecified atom stereocenters. The Bertz CT molecular complexity index is 292. The molecule has 0 spiro atoms. The Morgan fingerprint density at radius 3 is 2.43 bits per heavy atom. The first-order valence-electron chi connectivity index (χ1n) is 5.08. The number of para-hydroxylation sites is 1. The zero-order valence-corrected chi connectivity index (χ0v) is 10.1. The third-order valence-electron chi connectivity index (χ3n) is 3.01. The molecule has 0 N–H and O–H groups in total. The first-order valence-corrected chi connectivity index (χ1v) is 6.20. The summed E-state index contributed by atoms with van der Waals surface area (Å²) >= 11 is 3.61. The van der Waals surface area contributed by atoms with Crippen molar-refractivity contribution < 1.29 is 0 Å². The van der Waals surface area contributed by atoms with Gasteiger partial charge in [-0.1, -0.05) is 34.1 Å². The van der Waals surface area contributed by atoms with Gasteiger partial charge >= 0.3 is 0 Å². The van der Waals surface area contributed by atoms with Crippen molar-refractivity contribution in [1.29, 1.82) is 0 Å². The lowest BCUT2D eigenvalue weighted by Gasteiger charge is -2.24. The van der Waals surface area contributed by atoms with E-state index in [1.807, 2.05) is 0 Å². The lowest BCUT2D eigenvalue weighted by Crippen LogP contribution is -2.27. The van der Waals surface area contributed by atoms with E-state index < -0.39 is 0 Å². The van der Waals surface area contributed by atoms with Gasteiger partial charge in [-0.25, -0.2) is 0 Å². The van der Waals surface area contributed by atoms with Crippen LogP contribution in [0.25, 0.3) is 0 Å². The standard InChI is InChI=1S/C12H16BrN/c1-14(10-12(9-13)7-8-12)11-5-3-2-4-6-11/h2-6H,7-10H2,1H3. The molecule has 1 nitrogen and oxygen atoms in total. The summed E-state index contributed by atoms with van der Waals surface area (Å²) in [6, 6.07) is 10.6. The Morgan fingerprint density at radius 1 is 1.29 bits per heavy atom. The van der Waals surface area contributed by atoms with Crippen LogP contribution in [0.2, 0.25) is 0 Å². The van der Waals surface area contributed by atoms with Gasteiger partial charge in [0.2, 0.25) is 0 Å². The van der Waals surface area contributed by atoms with Crippen LogP contribution >= 0.6 is 15.9 Å². The van der Waals surface area contributed by atoms with E-state index in [0.717, 1.165) is 5.33 Å². The molecule has 2 rings (SSSR count). The largest absolute Gasteiger partial charge is 0.374 e. The molecule has 0 amide bonds. The van der Waals surface area contributed by atoms with E-state index in [1.54, 1.807) is 0 Å². The Hall–Kier alpha value is -0.500. The maximum atomic E-state index is 3.61. The van der Waals surface area contributed by atoms with Crippen LogP contribution in [0.3, 0.4) is 0 Å². The molecule has 0 bridgehead atoms. The van der Waals surface area contributed by atoms with Gasteiger partial charge in [0, 0.05) is 24.6 Å². The molecular formula is C12H16BrN. The van der Waals surface area contributed by atoms with Gasteiger partial charge in [0.15, 0.2) is 0 Å². The number of halogens is 1. The number of benzene rings is 1. The highest BCUT2D eigenvalue weighted by Gasteiger charge is 2.42. The van der Waals surface area contributed by atoms with E-state index in [4.69, 9.17) is 0 Å². The molecule has 1 aromatic carbocycles. The molecular weight excluding hydrogens is 238 g/mol. The molecule has 1 aliphatic carbocycles. The molecule has 1 saturated carbocycles. The minimum atomic E-state index is 0.560. The second kappa shape index (κ2) is 3.93. The van der Waals surface area contributed by atoms with Crippen LogP contribution in [0.15, 0.2) is 30.3 Å². The first kappa shape index (κ1) is 10.0. The SMILES string of the molecule is CN(CC1(CBr)CC1)c1ccccc1. The molecule has 0 radical (unpaired) electrons. The van der Waals surface area contributed by atoms with Crippen molar-refractivity contribution in [2.75, 3.05) is 23.8 Å². The fraction of sp³-hybridized carbons (Fsp3) is 0.500. The van der Waals surface area contributed by atoms with Gasteiger partial charge in [-0.2, -0.15) is 0 Å². The first-order chi connectivity index (χ1) is 6.76. The van der Waals surface area contributed by atoms with Gasteiger partial charge in [0.05, 0.1) is 0 Å². The number of alkyl halides is 1. The molecule has 1 aliphatic rings. The average molecular weight is 254 g/mol. The number of anilines is 1. The fourth-order valence-electron chi connectivity index (χ4n) is 1.79. The molecule has 0 heterocycles. The Kier molecular flexibility index (Phi) is 2.82. The summed E-state index contributed by atoms with van der Waals surface area (Å²) in [5, 5.41) is 1.14. The quantitative estimate of drug-likeness (QED) is 0.745. The van der Waals surface area contributed by atoms with Gasteiger partial charge < -0.3 is 4.90 Å². The van der Waals surface area contributed by atoms with Gasteiger partial charge in [-0.15, -0.1) is 0 Å². The highest BCUT2D eigenvalue weighted by Crippen LogP contribution is 2.47. The highest BCUT2D eigenvalue weighted by atomic mass is 79.9. The normalized spacial score (nSPS) is 17.9. The summed E-state index contributed by atoms with van der Waals surface area (Å²) < 4.78 is 0. The topological polar surface area (TPSA) is 3.24 Å². The summed E-state index contributed by atoms with van der Waals surface area (Å²) in [6.45, 7) is 1.17. The third kappa shape index (κ3) is 2.11. The van der Waals surface area contributed by atoms with Crippen molar-refractivity contribution in [1.82, 2.24) is 0 Å². The van der Waals surface area contributed by atoms with Gasteiger partial charge in [0.25, 0.3) is 0 Å². The average Bonchev–Trinajstić information content (AvgIpc) is 3.00. The van der Waals surface area contributed by atoms with Crippen molar-refractivity contribution in [2.24, 2.45) is 5.41 Å². The van der Waals surface area contributed by atoms with E-state index in [1.165, 1.54) is 25.1 Å². The Balaban J connectivity index is 1.99. The Morgan fingerprint density at radius 2 is 1.93 bits per heavy atom. The van der Waals surface area contributed by atoms with Crippen LogP contribution in [0, 0.1) is 5.41 Å². The van der Waals surface area contributed by atoms with E-state index in [9.17, 15) is 0 Å². The molecule has 0 saturated heterocycles. The molecule has 2 heteroatoms. The molecule has 1 fully saturated rings. The molecule has 0 atom stereocenters. The summed E-state index contributed by atoms with van der Waals surface area (Å²) in [7, 11) is 2.18. The van der Waals surface area contributed by atoms with Gasteiger partial charge in [-0.05, 0) is 30.4 Å². The number of hydrogen-bond acceptors (Lipinski definition) is 1. The van der Waals surface area contributed by atoms with Gasteiger partial charge in [-0.3, -0.25) is 0 Å². The van der Waals surface area contributed by atoms with Crippen molar-refractivity contribution in [3.63, 3.8) is 0 Å². The van der Waals surface area contributed by atoms with E-state index in [-0.39, 0.29) is 0 Å². The monoisotopic (exact) mass is 253 g/mol. The molecule has 1 aromatic rings. The van der Waals surface area contributed by atoms with Crippen LogP contribution in [0.4, 0.5) is 5.69 Å². The predicted molar refractivity (Wildman–Crippen MR) is 65.2 cm³/mol. The van der Waals surface area contributed by atoms with Crippen molar-refractivity contribution in [3.8, 4) is 0 Å².